The van der Waals surface area contributed by atoms with Gasteiger partial charge in [0.1, 0.15) is 0 Å². The molecular formula is C15H12Cl2N4OS. The second kappa shape index (κ2) is 6.86. The van der Waals surface area contributed by atoms with Crippen LogP contribution in [0.15, 0.2) is 40.0 Å². The molecule has 23 heavy (non-hydrogen) atoms. The molecule has 118 valence electrons. The van der Waals surface area contributed by atoms with Crippen LogP contribution < -0.4 is 0 Å². The Labute approximate surface area is 147 Å². The fourth-order valence-electron chi connectivity index (χ4n) is 1.83. The molecule has 3 aromatic rings. The predicted octanol–water partition coefficient (Wildman–Crippen LogP) is 5.00. The van der Waals surface area contributed by atoms with E-state index in [1.165, 1.54) is 18.0 Å². The second-order valence-corrected chi connectivity index (χ2v) is 7.27. The lowest BCUT2D eigenvalue weighted by Crippen LogP contribution is -1.95. The monoisotopic (exact) mass is 366 g/mol. The first-order valence-corrected chi connectivity index (χ1v) is 8.46. The zero-order chi connectivity index (χ0) is 16.4. The number of hydrogen-bond acceptors (Lipinski definition) is 6. The summed E-state index contributed by atoms with van der Waals surface area (Å²) in [6.07, 6.45) is 1.54. The molecule has 2 heterocycles. The van der Waals surface area contributed by atoms with Crippen LogP contribution in [0.2, 0.25) is 10.0 Å². The third-order valence-corrected chi connectivity index (χ3v) is 4.28. The van der Waals surface area contributed by atoms with Gasteiger partial charge in [-0.05, 0) is 12.1 Å². The minimum atomic E-state index is 0.234. The van der Waals surface area contributed by atoms with Crippen LogP contribution in [0.25, 0.3) is 23.0 Å². The Hall–Kier alpha value is -1.63. The van der Waals surface area contributed by atoms with Gasteiger partial charge in [-0.3, -0.25) is 0 Å². The van der Waals surface area contributed by atoms with Crippen molar-refractivity contribution in [2.75, 3.05) is 0 Å². The van der Waals surface area contributed by atoms with Gasteiger partial charge in [0.05, 0.1) is 21.8 Å². The van der Waals surface area contributed by atoms with E-state index in [0.29, 0.717) is 37.6 Å². The minimum Gasteiger partial charge on any atom is -0.414 e. The van der Waals surface area contributed by atoms with Crippen molar-refractivity contribution in [2.24, 2.45) is 0 Å². The van der Waals surface area contributed by atoms with Crippen LogP contribution in [0.1, 0.15) is 13.8 Å². The lowest BCUT2D eigenvalue weighted by atomic mass is 10.2. The summed E-state index contributed by atoms with van der Waals surface area (Å²) in [5, 5.41) is 9.90. The quantitative estimate of drug-likeness (QED) is 0.478. The molecule has 3 rings (SSSR count). The predicted molar refractivity (Wildman–Crippen MR) is 91.8 cm³/mol. The maximum atomic E-state index is 6.17. The van der Waals surface area contributed by atoms with Gasteiger partial charge in [-0.25, -0.2) is 9.97 Å². The molecule has 0 saturated heterocycles. The summed E-state index contributed by atoms with van der Waals surface area (Å²) in [5.41, 5.74) is 1.07. The topological polar surface area (TPSA) is 64.7 Å². The van der Waals surface area contributed by atoms with E-state index in [1.54, 1.807) is 12.1 Å². The summed E-state index contributed by atoms with van der Waals surface area (Å²) < 4.78 is 5.69. The first kappa shape index (κ1) is 16.2. The number of halogens is 2. The van der Waals surface area contributed by atoms with Crippen molar-refractivity contribution in [3.8, 4) is 23.0 Å². The smallest absolute Gasteiger partial charge is 0.268 e. The molecule has 5 nitrogen and oxygen atoms in total. The summed E-state index contributed by atoms with van der Waals surface area (Å²) >= 11 is 13.8. The van der Waals surface area contributed by atoms with Gasteiger partial charge in [-0.1, -0.05) is 60.9 Å². The number of hydrogen-bond donors (Lipinski definition) is 0. The summed E-state index contributed by atoms with van der Waals surface area (Å²) in [6.45, 7) is 4.12. The Kier molecular flexibility index (Phi) is 4.84. The van der Waals surface area contributed by atoms with Crippen molar-refractivity contribution in [1.82, 2.24) is 20.2 Å². The summed E-state index contributed by atoms with van der Waals surface area (Å²) in [4.78, 5) is 8.60. The Balaban J connectivity index is 1.99. The first-order chi connectivity index (χ1) is 11.0. The second-order valence-electron chi connectivity index (χ2n) is 4.91. The van der Waals surface area contributed by atoms with Gasteiger partial charge in [-0.2, -0.15) is 0 Å². The van der Waals surface area contributed by atoms with Crippen LogP contribution in [0, 0.1) is 0 Å². The lowest BCUT2D eigenvalue weighted by molar-refractivity contribution is 0.581. The molecular weight excluding hydrogens is 355 g/mol. The molecule has 0 bridgehead atoms. The average Bonchev–Trinajstić information content (AvgIpc) is 2.98. The molecule has 1 aromatic carbocycles. The number of aromatic nitrogens is 4. The fourth-order valence-corrected chi connectivity index (χ4v) is 2.90. The highest BCUT2D eigenvalue weighted by atomic mass is 35.5. The van der Waals surface area contributed by atoms with E-state index < -0.39 is 0 Å². The van der Waals surface area contributed by atoms with Gasteiger partial charge in [0.15, 0.2) is 10.9 Å². The molecule has 0 spiro atoms. The summed E-state index contributed by atoms with van der Waals surface area (Å²) in [5.74, 6) is 0.552. The van der Waals surface area contributed by atoms with Gasteiger partial charge < -0.3 is 4.42 Å². The van der Waals surface area contributed by atoms with Gasteiger partial charge >= 0.3 is 0 Å². The number of rotatable bonds is 4. The molecule has 0 aliphatic rings. The number of thioether (sulfide) groups is 1. The van der Waals surface area contributed by atoms with E-state index in [-0.39, 0.29) is 5.89 Å². The van der Waals surface area contributed by atoms with Crippen LogP contribution >= 0.6 is 35.0 Å². The zero-order valence-electron chi connectivity index (χ0n) is 12.3. The largest absolute Gasteiger partial charge is 0.414 e. The van der Waals surface area contributed by atoms with Gasteiger partial charge in [0.25, 0.3) is 5.89 Å². The standard InChI is InChI=1S/C15H12Cl2N4OS/c1-8(2)23-15-18-7-11(17)12(19-15)14-21-20-13(22-14)9-5-3-4-6-10(9)16/h3-8H,1-2H3. The van der Waals surface area contributed by atoms with Gasteiger partial charge in [0, 0.05) is 5.25 Å². The summed E-state index contributed by atoms with van der Waals surface area (Å²) in [6, 6.07) is 7.25. The normalized spacial score (nSPS) is 11.2. The SMILES string of the molecule is CC(C)Sc1ncc(Cl)c(-c2nnc(-c3ccccc3Cl)o2)n1. The molecule has 2 aromatic heterocycles. The molecule has 0 radical (unpaired) electrons. The Morgan fingerprint density at radius 1 is 1.04 bits per heavy atom. The van der Waals surface area contributed by atoms with E-state index in [2.05, 4.69) is 34.0 Å². The maximum absolute atomic E-state index is 6.17. The van der Waals surface area contributed by atoms with Crippen molar-refractivity contribution >= 4 is 35.0 Å². The van der Waals surface area contributed by atoms with Crippen LogP contribution in [0.4, 0.5) is 0 Å². The Bertz CT molecular complexity index is 838. The van der Waals surface area contributed by atoms with Crippen LogP contribution in [-0.2, 0) is 0 Å². The fraction of sp³-hybridized carbons (Fsp3) is 0.200. The Morgan fingerprint density at radius 2 is 1.78 bits per heavy atom. The molecule has 0 aliphatic carbocycles. The van der Waals surface area contributed by atoms with Crippen molar-refractivity contribution in [2.45, 2.75) is 24.3 Å². The first-order valence-electron chi connectivity index (χ1n) is 6.82. The highest BCUT2D eigenvalue weighted by Crippen LogP contribution is 2.31. The highest BCUT2D eigenvalue weighted by Gasteiger charge is 2.17. The van der Waals surface area contributed by atoms with Crippen LogP contribution in [-0.4, -0.2) is 25.4 Å². The lowest BCUT2D eigenvalue weighted by Gasteiger charge is -2.04. The van der Waals surface area contributed by atoms with Crippen molar-refractivity contribution in [3.05, 3.63) is 40.5 Å². The van der Waals surface area contributed by atoms with Gasteiger partial charge in [-0.15, -0.1) is 10.2 Å². The molecule has 0 unspecified atom stereocenters. The molecule has 0 aliphatic heterocycles. The number of benzene rings is 1. The van der Waals surface area contributed by atoms with E-state index in [0.717, 1.165) is 0 Å². The average molecular weight is 367 g/mol. The Morgan fingerprint density at radius 3 is 2.52 bits per heavy atom. The van der Waals surface area contributed by atoms with Crippen LogP contribution in [0.3, 0.4) is 0 Å². The van der Waals surface area contributed by atoms with E-state index in [9.17, 15) is 0 Å². The summed E-state index contributed by atoms with van der Waals surface area (Å²) in [7, 11) is 0. The van der Waals surface area contributed by atoms with Gasteiger partial charge in [0.2, 0.25) is 5.89 Å². The minimum absolute atomic E-state index is 0.234. The third kappa shape index (κ3) is 3.65. The van der Waals surface area contributed by atoms with Crippen LogP contribution in [0.5, 0.6) is 0 Å². The van der Waals surface area contributed by atoms with Crippen molar-refractivity contribution < 1.29 is 4.42 Å². The van der Waals surface area contributed by atoms with Crippen molar-refractivity contribution in [1.29, 1.82) is 0 Å². The zero-order valence-corrected chi connectivity index (χ0v) is 14.7. The van der Waals surface area contributed by atoms with E-state index in [1.807, 2.05) is 12.1 Å². The molecule has 0 fully saturated rings. The molecule has 0 atom stereocenters. The van der Waals surface area contributed by atoms with E-state index in [4.69, 9.17) is 27.6 Å². The molecule has 0 amide bonds. The molecule has 8 heteroatoms. The molecule has 0 N–H and O–H groups in total. The van der Waals surface area contributed by atoms with Crippen molar-refractivity contribution in [3.63, 3.8) is 0 Å². The highest BCUT2D eigenvalue weighted by molar-refractivity contribution is 7.99. The maximum Gasteiger partial charge on any atom is 0.268 e. The third-order valence-electron chi connectivity index (χ3n) is 2.79. The number of nitrogens with zero attached hydrogens (tertiary/aromatic N) is 4. The van der Waals surface area contributed by atoms with E-state index >= 15 is 0 Å². The molecule has 0 saturated carbocycles.